The summed E-state index contributed by atoms with van der Waals surface area (Å²) < 4.78 is 73.6. The number of hydrogen-bond donors (Lipinski definition) is 2. The SMILES string of the molecule is CC(C)[C@H]1C[C@H](N)C[C@@H](c2ccncc2NC(=O)c2ccc(F)c(-c3c(F)cc(S(C)(=O)=O)cc3F)n2)O1. The first-order chi connectivity index (χ1) is 17.8. The van der Waals surface area contributed by atoms with E-state index in [0.717, 1.165) is 18.4 Å². The number of carbonyl (C=O) groups excluding carboxylic acids is 1. The van der Waals surface area contributed by atoms with Crippen molar-refractivity contribution >= 4 is 21.4 Å². The van der Waals surface area contributed by atoms with Gasteiger partial charge in [-0.1, -0.05) is 13.8 Å². The standard InChI is InChI=1S/C26H27F3N4O4S/c1-13(2)22-8-14(30)9-23(37-22)16-6-7-31-12-21(16)33-26(34)20-5-4-17(27)25(32-20)24-18(28)10-15(11-19(24)29)38(3,35)36/h4-7,10-14,22-23H,8-9,30H2,1-3H3,(H,33,34)/t14-,22+,23-/m0/s1. The van der Waals surface area contributed by atoms with Crippen molar-refractivity contribution < 1.29 is 31.1 Å². The summed E-state index contributed by atoms with van der Waals surface area (Å²) in [5.74, 6) is -4.32. The highest BCUT2D eigenvalue weighted by atomic mass is 32.2. The van der Waals surface area contributed by atoms with Gasteiger partial charge in [-0.25, -0.2) is 26.6 Å². The van der Waals surface area contributed by atoms with E-state index in [1.54, 1.807) is 12.3 Å². The second kappa shape index (κ2) is 10.8. The van der Waals surface area contributed by atoms with Gasteiger partial charge in [-0.3, -0.25) is 9.78 Å². The van der Waals surface area contributed by atoms with Crippen LogP contribution >= 0.6 is 0 Å². The smallest absolute Gasteiger partial charge is 0.274 e. The van der Waals surface area contributed by atoms with Crippen LogP contribution in [-0.2, 0) is 14.6 Å². The van der Waals surface area contributed by atoms with Crippen molar-refractivity contribution in [1.29, 1.82) is 0 Å². The number of pyridine rings is 2. The number of ether oxygens (including phenoxy) is 1. The molecule has 0 unspecified atom stereocenters. The lowest BCUT2D eigenvalue weighted by molar-refractivity contribution is -0.0787. The number of sulfone groups is 1. The van der Waals surface area contributed by atoms with Crippen molar-refractivity contribution in [2.75, 3.05) is 11.6 Å². The van der Waals surface area contributed by atoms with Crippen LogP contribution in [0.3, 0.4) is 0 Å². The molecule has 3 aromatic rings. The Bertz CT molecular complexity index is 1460. The minimum atomic E-state index is -3.92. The Kier molecular flexibility index (Phi) is 7.86. The largest absolute Gasteiger partial charge is 0.370 e. The Morgan fingerprint density at radius 2 is 1.79 bits per heavy atom. The molecule has 0 bridgehead atoms. The minimum absolute atomic E-state index is 0.0688. The quantitative estimate of drug-likeness (QED) is 0.467. The predicted octanol–water partition coefficient (Wildman–Crippen LogP) is 4.42. The maximum absolute atomic E-state index is 14.7. The zero-order valence-electron chi connectivity index (χ0n) is 20.9. The average molecular weight is 549 g/mol. The second-order valence-corrected chi connectivity index (χ2v) is 11.6. The van der Waals surface area contributed by atoms with Crippen LogP contribution in [0.2, 0.25) is 0 Å². The fraction of sp³-hybridized carbons (Fsp3) is 0.346. The van der Waals surface area contributed by atoms with Crippen molar-refractivity contribution in [2.24, 2.45) is 11.7 Å². The van der Waals surface area contributed by atoms with E-state index in [2.05, 4.69) is 15.3 Å². The van der Waals surface area contributed by atoms with Gasteiger partial charge in [-0.05, 0) is 49.1 Å². The summed E-state index contributed by atoms with van der Waals surface area (Å²) in [6, 6.07) is 4.66. The van der Waals surface area contributed by atoms with Crippen molar-refractivity contribution in [3.8, 4) is 11.3 Å². The summed E-state index contributed by atoms with van der Waals surface area (Å²) in [7, 11) is -3.92. The highest BCUT2D eigenvalue weighted by molar-refractivity contribution is 7.90. The number of carbonyl (C=O) groups is 1. The van der Waals surface area contributed by atoms with Gasteiger partial charge >= 0.3 is 0 Å². The number of hydrogen-bond acceptors (Lipinski definition) is 7. The number of nitrogens with two attached hydrogens (primary N) is 1. The first-order valence-corrected chi connectivity index (χ1v) is 13.8. The Hall–Kier alpha value is -3.35. The molecule has 0 radical (unpaired) electrons. The number of anilines is 1. The Balaban J connectivity index is 1.65. The van der Waals surface area contributed by atoms with Crippen molar-refractivity contribution in [1.82, 2.24) is 9.97 Å². The maximum Gasteiger partial charge on any atom is 0.274 e. The van der Waals surface area contributed by atoms with E-state index in [1.807, 2.05) is 13.8 Å². The molecule has 38 heavy (non-hydrogen) atoms. The summed E-state index contributed by atoms with van der Waals surface area (Å²) in [4.78, 5) is 20.4. The Morgan fingerprint density at radius 3 is 2.42 bits per heavy atom. The normalized spacial score (nSPS) is 19.9. The summed E-state index contributed by atoms with van der Waals surface area (Å²) in [5.41, 5.74) is 5.22. The molecule has 2 aromatic heterocycles. The summed E-state index contributed by atoms with van der Waals surface area (Å²) in [5, 5.41) is 2.67. The van der Waals surface area contributed by atoms with Crippen molar-refractivity contribution in [3.63, 3.8) is 0 Å². The summed E-state index contributed by atoms with van der Waals surface area (Å²) >= 11 is 0. The molecule has 1 aromatic carbocycles. The molecule has 1 saturated heterocycles. The van der Waals surface area contributed by atoms with Gasteiger partial charge in [0.05, 0.1) is 34.6 Å². The number of rotatable bonds is 6. The van der Waals surface area contributed by atoms with Crippen molar-refractivity contribution in [3.05, 3.63) is 71.4 Å². The van der Waals surface area contributed by atoms with Gasteiger partial charge in [0, 0.05) is 24.1 Å². The third kappa shape index (κ3) is 5.87. The van der Waals surface area contributed by atoms with Crippen LogP contribution < -0.4 is 11.1 Å². The minimum Gasteiger partial charge on any atom is -0.370 e. The van der Waals surface area contributed by atoms with Crippen LogP contribution in [0.5, 0.6) is 0 Å². The predicted molar refractivity (Wildman–Crippen MR) is 135 cm³/mol. The molecular formula is C26H27F3N4O4S. The molecule has 0 spiro atoms. The number of nitrogens with one attached hydrogen (secondary N) is 1. The number of nitrogens with zero attached hydrogens (tertiary/aromatic N) is 2. The Labute approximate surface area is 218 Å². The highest BCUT2D eigenvalue weighted by Gasteiger charge is 2.32. The molecule has 1 aliphatic rings. The zero-order valence-corrected chi connectivity index (χ0v) is 21.7. The third-order valence-electron chi connectivity index (χ3n) is 6.34. The van der Waals surface area contributed by atoms with Gasteiger partial charge in [-0.15, -0.1) is 0 Å². The molecule has 3 heterocycles. The van der Waals surface area contributed by atoms with Gasteiger partial charge in [0.1, 0.15) is 28.8 Å². The van der Waals surface area contributed by atoms with Crippen molar-refractivity contribution in [2.45, 2.75) is 49.8 Å². The first kappa shape index (κ1) is 27.7. The van der Waals surface area contributed by atoms with Crippen LogP contribution in [0.15, 0.2) is 47.6 Å². The van der Waals surface area contributed by atoms with Crippen LogP contribution in [0.1, 0.15) is 48.8 Å². The average Bonchev–Trinajstić information content (AvgIpc) is 2.84. The van der Waals surface area contributed by atoms with Crippen LogP contribution in [0.25, 0.3) is 11.3 Å². The summed E-state index contributed by atoms with van der Waals surface area (Å²) in [6.07, 6.45) is 4.52. The van der Waals surface area contributed by atoms with E-state index in [1.165, 1.54) is 6.20 Å². The van der Waals surface area contributed by atoms with Gasteiger partial charge in [-0.2, -0.15) is 0 Å². The Morgan fingerprint density at radius 1 is 1.11 bits per heavy atom. The number of halogens is 3. The molecule has 8 nitrogen and oxygen atoms in total. The van der Waals surface area contributed by atoms with Gasteiger partial charge in [0.15, 0.2) is 9.84 Å². The van der Waals surface area contributed by atoms with E-state index in [0.29, 0.717) is 36.2 Å². The first-order valence-electron chi connectivity index (χ1n) is 11.9. The number of aromatic nitrogens is 2. The van der Waals surface area contributed by atoms with E-state index >= 15 is 0 Å². The molecule has 202 valence electrons. The van der Waals surface area contributed by atoms with Gasteiger partial charge in [0.2, 0.25) is 0 Å². The molecule has 12 heteroatoms. The molecular weight excluding hydrogens is 521 g/mol. The van der Waals surface area contributed by atoms with Crippen LogP contribution in [-0.4, -0.2) is 42.7 Å². The molecule has 1 aliphatic heterocycles. The lowest BCUT2D eigenvalue weighted by atomic mass is 9.90. The van der Waals surface area contributed by atoms with Gasteiger partial charge in [0.25, 0.3) is 5.91 Å². The number of benzene rings is 1. The lowest BCUT2D eigenvalue weighted by Gasteiger charge is -2.36. The molecule has 4 rings (SSSR count). The summed E-state index contributed by atoms with van der Waals surface area (Å²) in [6.45, 7) is 4.07. The molecule has 3 atom stereocenters. The van der Waals surface area contributed by atoms with Gasteiger partial charge < -0.3 is 15.8 Å². The fourth-order valence-electron chi connectivity index (χ4n) is 4.33. The maximum atomic E-state index is 14.7. The molecule has 1 fully saturated rings. The van der Waals surface area contributed by atoms with E-state index in [-0.39, 0.29) is 23.8 Å². The highest BCUT2D eigenvalue weighted by Crippen LogP contribution is 2.36. The topological polar surface area (TPSA) is 124 Å². The number of amides is 1. The van der Waals surface area contributed by atoms with Crippen LogP contribution in [0, 0.1) is 23.4 Å². The van der Waals surface area contributed by atoms with E-state index in [9.17, 15) is 26.4 Å². The monoisotopic (exact) mass is 548 g/mol. The molecule has 0 aliphatic carbocycles. The molecule has 1 amide bonds. The molecule has 3 N–H and O–H groups in total. The second-order valence-electron chi connectivity index (χ2n) is 9.62. The fourth-order valence-corrected chi connectivity index (χ4v) is 4.97. The third-order valence-corrected chi connectivity index (χ3v) is 7.44. The van der Waals surface area contributed by atoms with E-state index in [4.69, 9.17) is 10.5 Å². The zero-order chi connectivity index (χ0) is 27.8. The molecule has 0 saturated carbocycles. The van der Waals surface area contributed by atoms with E-state index < -0.39 is 55.5 Å². The lowest BCUT2D eigenvalue weighted by Crippen LogP contribution is -2.39. The van der Waals surface area contributed by atoms with Crippen LogP contribution in [0.4, 0.5) is 18.9 Å².